The average Bonchev–Trinajstić information content (AvgIpc) is 2.90. The van der Waals surface area contributed by atoms with Crippen molar-refractivity contribution in [2.45, 2.75) is 24.7 Å². The molecule has 0 amide bonds. The largest absolute Gasteiger partial charge is 0.0832 e. The van der Waals surface area contributed by atoms with Crippen molar-refractivity contribution in [3.05, 3.63) is 133 Å². The molecule has 2 aliphatic carbocycles. The highest BCUT2D eigenvalue weighted by molar-refractivity contribution is 7.78. The van der Waals surface area contributed by atoms with Gasteiger partial charge in [0.15, 0.2) is 0 Å². The van der Waals surface area contributed by atoms with Gasteiger partial charge in [-0.15, -0.1) is 0 Å². The van der Waals surface area contributed by atoms with Crippen LogP contribution in [-0.2, 0) is 0 Å². The number of allylic oxidation sites excluding steroid dienone is 2. The van der Waals surface area contributed by atoms with Gasteiger partial charge in [-0.1, -0.05) is 140 Å². The second kappa shape index (κ2) is 9.26. The van der Waals surface area contributed by atoms with Crippen LogP contribution < -0.4 is 21.2 Å². The van der Waals surface area contributed by atoms with Gasteiger partial charge >= 0.3 is 0 Å². The summed E-state index contributed by atoms with van der Waals surface area (Å²) >= 11 is 0. The van der Waals surface area contributed by atoms with Crippen molar-refractivity contribution in [1.82, 2.24) is 0 Å². The van der Waals surface area contributed by atoms with Crippen LogP contribution in [0.3, 0.4) is 0 Å². The molecule has 6 rings (SSSR count). The molecule has 0 bridgehead atoms. The SMILES string of the molecule is CC[C@@]12C=CC1[C@@H](P(c1ccccc1)c1ccccc1)[C@@H]2P(c1ccccc1)c1ccccc1. The normalized spacial score (nSPS) is 25.0. The highest BCUT2D eigenvalue weighted by Crippen LogP contribution is 2.74. The van der Waals surface area contributed by atoms with Crippen LogP contribution in [0.4, 0.5) is 0 Å². The summed E-state index contributed by atoms with van der Waals surface area (Å²) in [6.07, 6.45) is 6.33. The van der Waals surface area contributed by atoms with E-state index in [0.29, 0.717) is 22.7 Å². The summed E-state index contributed by atoms with van der Waals surface area (Å²) in [5, 5.41) is 6.06. The molecule has 168 valence electrons. The highest BCUT2D eigenvalue weighted by atomic mass is 31.1. The van der Waals surface area contributed by atoms with Crippen LogP contribution in [0.25, 0.3) is 0 Å². The Balaban J connectivity index is 1.53. The van der Waals surface area contributed by atoms with Gasteiger partial charge in [-0.2, -0.15) is 0 Å². The van der Waals surface area contributed by atoms with Crippen LogP contribution in [0.15, 0.2) is 133 Å². The average molecular weight is 477 g/mol. The first-order valence-corrected chi connectivity index (χ1v) is 15.1. The fourth-order valence-corrected chi connectivity index (χ4v) is 13.5. The fraction of sp³-hybridized carbons (Fsp3) is 0.188. The van der Waals surface area contributed by atoms with Gasteiger partial charge in [-0.3, -0.25) is 0 Å². The minimum Gasteiger partial charge on any atom is -0.0832 e. The lowest BCUT2D eigenvalue weighted by Crippen LogP contribution is -2.67. The molecule has 0 saturated heterocycles. The van der Waals surface area contributed by atoms with Crippen molar-refractivity contribution in [3.8, 4) is 0 Å². The summed E-state index contributed by atoms with van der Waals surface area (Å²) in [6, 6.07) is 45.4. The van der Waals surface area contributed by atoms with E-state index in [1.807, 2.05) is 0 Å². The van der Waals surface area contributed by atoms with Crippen LogP contribution in [0.5, 0.6) is 0 Å². The Labute approximate surface area is 206 Å². The van der Waals surface area contributed by atoms with Gasteiger partial charge in [-0.05, 0) is 49.4 Å². The molecule has 1 saturated carbocycles. The first-order chi connectivity index (χ1) is 16.8. The lowest BCUT2D eigenvalue weighted by atomic mass is 9.51. The van der Waals surface area contributed by atoms with E-state index in [4.69, 9.17) is 0 Å². The van der Waals surface area contributed by atoms with E-state index < -0.39 is 15.8 Å². The quantitative estimate of drug-likeness (QED) is 0.209. The molecule has 2 aliphatic rings. The Morgan fingerprint density at radius 3 is 1.26 bits per heavy atom. The molecular weight excluding hydrogens is 446 g/mol. The van der Waals surface area contributed by atoms with Gasteiger partial charge in [0.2, 0.25) is 0 Å². The number of fused-ring (bicyclic) bond motifs is 1. The van der Waals surface area contributed by atoms with Crippen molar-refractivity contribution in [2.24, 2.45) is 11.3 Å². The zero-order chi connectivity index (χ0) is 23.0. The minimum atomic E-state index is -0.482. The molecule has 0 nitrogen and oxygen atoms in total. The maximum Gasteiger partial charge on any atom is 0.00478 e. The van der Waals surface area contributed by atoms with Crippen LogP contribution >= 0.6 is 15.8 Å². The Kier molecular flexibility index (Phi) is 5.99. The summed E-state index contributed by atoms with van der Waals surface area (Å²) in [6.45, 7) is 2.41. The standard InChI is InChI=1S/C32H30P2/c1-2-32-24-23-29(32)30(33(25-15-7-3-8-16-25)26-17-9-4-10-18-26)31(32)34(27-19-11-5-12-20-27)28-21-13-6-14-22-28/h3-24,29-31H,2H2,1H3/t29?,30-,31+,32-/m1/s1. The first-order valence-electron chi connectivity index (χ1n) is 12.3. The van der Waals surface area contributed by atoms with Crippen LogP contribution in [0, 0.1) is 11.3 Å². The van der Waals surface area contributed by atoms with E-state index in [1.54, 1.807) is 0 Å². The number of benzene rings is 4. The van der Waals surface area contributed by atoms with Crippen LogP contribution in [-0.4, -0.2) is 11.3 Å². The molecule has 1 unspecified atom stereocenters. The summed E-state index contributed by atoms with van der Waals surface area (Å²) in [4.78, 5) is 0. The van der Waals surface area contributed by atoms with Crippen LogP contribution in [0.1, 0.15) is 13.3 Å². The number of hydrogen-bond donors (Lipinski definition) is 0. The topological polar surface area (TPSA) is 0 Å². The minimum absolute atomic E-state index is 0.326. The summed E-state index contributed by atoms with van der Waals surface area (Å²) in [5.74, 6) is 0.673. The number of rotatable bonds is 7. The van der Waals surface area contributed by atoms with Gasteiger partial charge in [0.25, 0.3) is 0 Å². The Morgan fingerprint density at radius 2 is 0.941 bits per heavy atom. The molecule has 4 aromatic rings. The molecule has 0 heterocycles. The molecular formula is C32H30P2. The summed E-state index contributed by atoms with van der Waals surface area (Å²) in [7, 11) is -0.947. The van der Waals surface area contributed by atoms with E-state index in [-0.39, 0.29) is 0 Å². The second-order valence-electron chi connectivity index (χ2n) is 9.37. The molecule has 4 atom stereocenters. The van der Waals surface area contributed by atoms with Gasteiger partial charge in [0.1, 0.15) is 0 Å². The highest BCUT2D eigenvalue weighted by Gasteiger charge is 2.66. The van der Waals surface area contributed by atoms with Gasteiger partial charge in [0.05, 0.1) is 0 Å². The van der Waals surface area contributed by atoms with Crippen molar-refractivity contribution in [3.63, 3.8) is 0 Å². The van der Waals surface area contributed by atoms with Crippen molar-refractivity contribution >= 4 is 37.1 Å². The summed E-state index contributed by atoms with van der Waals surface area (Å²) in [5.41, 5.74) is 1.61. The Hall–Kier alpha value is -2.52. The molecule has 0 spiro atoms. The Morgan fingerprint density at radius 1 is 0.559 bits per heavy atom. The predicted molar refractivity (Wildman–Crippen MR) is 151 cm³/mol. The van der Waals surface area contributed by atoms with Crippen molar-refractivity contribution < 1.29 is 0 Å². The van der Waals surface area contributed by atoms with E-state index in [1.165, 1.54) is 27.6 Å². The fourth-order valence-electron chi connectivity index (χ4n) is 6.15. The summed E-state index contributed by atoms with van der Waals surface area (Å²) < 4.78 is 0. The second-order valence-corrected chi connectivity index (χ2v) is 14.1. The monoisotopic (exact) mass is 476 g/mol. The molecule has 0 N–H and O–H groups in total. The smallest absolute Gasteiger partial charge is 0.00478 e. The maximum atomic E-state index is 2.57. The predicted octanol–water partition coefficient (Wildman–Crippen LogP) is 6.59. The van der Waals surface area contributed by atoms with Gasteiger partial charge in [0, 0.05) is 16.7 Å². The van der Waals surface area contributed by atoms with E-state index >= 15 is 0 Å². The first kappa shape index (κ1) is 22.0. The maximum absolute atomic E-state index is 2.57. The third-order valence-electron chi connectivity index (χ3n) is 7.80. The lowest BCUT2D eigenvalue weighted by Gasteiger charge is -2.68. The van der Waals surface area contributed by atoms with E-state index in [9.17, 15) is 0 Å². The molecule has 1 fully saturated rings. The molecule has 2 heteroatoms. The van der Waals surface area contributed by atoms with E-state index in [2.05, 4.69) is 140 Å². The molecule has 0 aliphatic heterocycles. The number of hydrogen-bond acceptors (Lipinski definition) is 0. The van der Waals surface area contributed by atoms with Gasteiger partial charge in [-0.25, -0.2) is 0 Å². The molecule has 4 aromatic carbocycles. The zero-order valence-corrected chi connectivity index (χ0v) is 21.3. The Bertz CT molecular complexity index is 1170. The lowest BCUT2D eigenvalue weighted by molar-refractivity contribution is 0.106. The molecule has 34 heavy (non-hydrogen) atoms. The van der Waals surface area contributed by atoms with Crippen molar-refractivity contribution in [2.75, 3.05) is 0 Å². The van der Waals surface area contributed by atoms with Gasteiger partial charge < -0.3 is 0 Å². The van der Waals surface area contributed by atoms with Crippen LogP contribution in [0.2, 0.25) is 0 Å². The van der Waals surface area contributed by atoms with Crippen molar-refractivity contribution in [1.29, 1.82) is 0 Å². The van der Waals surface area contributed by atoms with E-state index in [0.717, 1.165) is 0 Å². The third kappa shape index (κ3) is 3.51. The zero-order valence-electron chi connectivity index (χ0n) is 19.5. The molecule has 0 aromatic heterocycles. The molecule has 0 radical (unpaired) electrons. The third-order valence-corrected chi connectivity index (χ3v) is 14.0.